The molecule has 0 amide bonds. The topological polar surface area (TPSA) is 68.2 Å². The zero-order valence-electron chi connectivity index (χ0n) is 19.4. The first kappa shape index (κ1) is 26.4. The molecular weight excluding hydrogens is 565 g/mol. The smallest absolute Gasteiger partial charge is 0.436 e. The number of carbonyl (C=O) groups excluding carboxylic acids is 1. The van der Waals surface area contributed by atoms with Crippen molar-refractivity contribution in [3.63, 3.8) is 0 Å². The van der Waals surface area contributed by atoms with Crippen molar-refractivity contribution in [2.24, 2.45) is 0 Å². The predicted octanol–water partition coefficient (Wildman–Crippen LogP) is 6.43. The molecular formula is C23H28BrF3N4O2S2. The van der Waals surface area contributed by atoms with E-state index in [1.165, 1.54) is 9.56 Å². The Bertz CT molecular complexity index is 1100. The minimum Gasteiger partial charge on any atom is -0.462 e. The molecule has 1 saturated carbocycles. The average Bonchev–Trinajstić information content (AvgIpc) is 3.53. The maximum atomic E-state index is 13.3. The maximum Gasteiger partial charge on any atom is 0.436 e. The fraction of sp³-hybridized carbons (Fsp3) is 0.609. The SMILES string of the molecule is CCOC(=O)c1c(NC(=S)NCCCn2nc(C(F)(F)F)c(Br)c2C2CC2)sc2c1CCCCC2. The lowest BCUT2D eigenvalue weighted by molar-refractivity contribution is -0.142. The molecule has 1 fully saturated rings. The number of thiophene rings is 1. The van der Waals surface area contributed by atoms with Gasteiger partial charge in [-0.15, -0.1) is 11.3 Å². The van der Waals surface area contributed by atoms with Gasteiger partial charge in [0.1, 0.15) is 5.00 Å². The first-order valence-electron chi connectivity index (χ1n) is 11.9. The van der Waals surface area contributed by atoms with E-state index in [9.17, 15) is 18.0 Å². The summed E-state index contributed by atoms with van der Waals surface area (Å²) in [4.78, 5) is 13.9. The van der Waals surface area contributed by atoms with Crippen LogP contribution in [0.4, 0.5) is 18.2 Å². The van der Waals surface area contributed by atoms with Gasteiger partial charge >= 0.3 is 12.1 Å². The molecule has 2 aliphatic carbocycles. The number of aromatic nitrogens is 2. The van der Waals surface area contributed by atoms with Crippen LogP contribution in [-0.2, 0) is 30.3 Å². The highest BCUT2D eigenvalue weighted by molar-refractivity contribution is 9.10. The van der Waals surface area contributed by atoms with Crippen LogP contribution in [0.15, 0.2) is 4.47 Å². The molecule has 2 aromatic rings. The van der Waals surface area contributed by atoms with Crippen molar-refractivity contribution in [3.05, 3.63) is 31.9 Å². The number of aryl methyl sites for hydroxylation is 2. The molecule has 0 unspecified atom stereocenters. The molecule has 2 N–H and O–H groups in total. The van der Waals surface area contributed by atoms with Crippen LogP contribution in [0.2, 0.25) is 0 Å². The number of hydrogen-bond acceptors (Lipinski definition) is 5. The molecule has 0 aromatic carbocycles. The summed E-state index contributed by atoms with van der Waals surface area (Å²) >= 11 is 10.1. The standard InChI is InChI=1S/C23H28BrF3N4O2S2/c1-2-33-21(32)16-14-7-4-3-5-8-15(14)35-20(16)29-22(34)28-11-6-12-31-18(13-9-10-13)17(24)19(30-31)23(25,26)27/h13H,2-12H2,1H3,(H2,28,29,34). The third-order valence-corrected chi connectivity index (χ3v) is 8.36. The van der Waals surface area contributed by atoms with Gasteiger partial charge in [-0.25, -0.2) is 4.79 Å². The largest absolute Gasteiger partial charge is 0.462 e. The highest BCUT2D eigenvalue weighted by Gasteiger charge is 2.41. The lowest BCUT2D eigenvalue weighted by Crippen LogP contribution is -2.30. The Labute approximate surface area is 220 Å². The van der Waals surface area contributed by atoms with Gasteiger partial charge in [0.25, 0.3) is 0 Å². The van der Waals surface area contributed by atoms with Gasteiger partial charge in [0.15, 0.2) is 10.8 Å². The number of esters is 1. The molecule has 0 spiro atoms. The number of fused-ring (bicyclic) bond motifs is 1. The Balaban J connectivity index is 1.37. The van der Waals surface area contributed by atoms with E-state index >= 15 is 0 Å². The quantitative estimate of drug-likeness (QED) is 0.159. The number of halogens is 4. The van der Waals surface area contributed by atoms with Gasteiger partial charge in [-0.2, -0.15) is 18.3 Å². The van der Waals surface area contributed by atoms with Crippen molar-refractivity contribution >= 4 is 55.6 Å². The van der Waals surface area contributed by atoms with E-state index in [0.717, 1.165) is 50.5 Å². The van der Waals surface area contributed by atoms with Crippen molar-refractivity contribution in [2.45, 2.75) is 76.9 Å². The highest BCUT2D eigenvalue weighted by atomic mass is 79.9. The molecule has 35 heavy (non-hydrogen) atoms. The molecule has 2 aliphatic rings. The molecule has 4 rings (SSSR count). The Morgan fingerprint density at radius 1 is 1.29 bits per heavy atom. The van der Waals surface area contributed by atoms with E-state index in [2.05, 4.69) is 31.7 Å². The lowest BCUT2D eigenvalue weighted by atomic mass is 10.1. The fourth-order valence-corrected chi connectivity index (χ4v) is 6.76. The third-order valence-electron chi connectivity index (χ3n) is 6.12. The molecule has 2 aromatic heterocycles. The van der Waals surface area contributed by atoms with Crippen molar-refractivity contribution < 1.29 is 22.7 Å². The summed E-state index contributed by atoms with van der Waals surface area (Å²) in [7, 11) is 0. The van der Waals surface area contributed by atoms with Gasteiger partial charge in [0.2, 0.25) is 0 Å². The molecule has 0 atom stereocenters. The summed E-state index contributed by atoms with van der Waals surface area (Å²) in [5, 5.41) is 11.2. The van der Waals surface area contributed by atoms with Crippen LogP contribution >= 0.6 is 39.5 Å². The monoisotopic (exact) mass is 592 g/mol. The predicted molar refractivity (Wildman–Crippen MR) is 137 cm³/mol. The molecule has 192 valence electrons. The van der Waals surface area contributed by atoms with E-state index in [-0.39, 0.29) is 16.4 Å². The van der Waals surface area contributed by atoms with Gasteiger partial charge in [-0.1, -0.05) is 6.42 Å². The van der Waals surface area contributed by atoms with Crippen LogP contribution < -0.4 is 10.6 Å². The van der Waals surface area contributed by atoms with Crippen molar-refractivity contribution in [1.29, 1.82) is 0 Å². The number of nitrogens with zero attached hydrogens (tertiary/aromatic N) is 2. The number of hydrogen-bond donors (Lipinski definition) is 2. The van der Waals surface area contributed by atoms with Crippen molar-refractivity contribution in [3.8, 4) is 0 Å². The fourth-order valence-electron chi connectivity index (χ4n) is 4.38. The molecule has 0 aliphatic heterocycles. The average molecular weight is 594 g/mol. The second-order valence-corrected chi connectivity index (χ2v) is 11.1. The molecule has 6 nitrogen and oxygen atoms in total. The van der Waals surface area contributed by atoms with Gasteiger partial charge in [-0.05, 0) is 85.6 Å². The number of thiocarbonyl (C=S) groups is 1. The normalized spacial score (nSPS) is 15.9. The van der Waals surface area contributed by atoms with Crippen molar-refractivity contribution in [2.75, 3.05) is 18.5 Å². The van der Waals surface area contributed by atoms with Crippen LogP contribution in [0.5, 0.6) is 0 Å². The second-order valence-electron chi connectivity index (χ2n) is 8.77. The molecule has 12 heteroatoms. The van der Waals surface area contributed by atoms with E-state index in [0.29, 0.717) is 47.5 Å². The molecule has 0 saturated heterocycles. The Morgan fingerprint density at radius 3 is 2.71 bits per heavy atom. The van der Waals surface area contributed by atoms with E-state index < -0.39 is 11.9 Å². The van der Waals surface area contributed by atoms with E-state index in [4.69, 9.17) is 17.0 Å². The molecule has 2 heterocycles. The number of anilines is 1. The van der Waals surface area contributed by atoms with Crippen LogP contribution in [0.1, 0.15) is 83.6 Å². The second kappa shape index (κ2) is 11.2. The summed E-state index contributed by atoms with van der Waals surface area (Å²) in [6.45, 7) is 2.88. The zero-order chi connectivity index (χ0) is 25.2. The van der Waals surface area contributed by atoms with Crippen LogP contribution in [0.3, 0.4) is 0 Å². The van der Waals surface area contributed by atoms with E-state index in [1.54, 1.807) is 18.3 Å². The molecule has 0 radical (unpaired) electrons. The first-order valence-corrected chi connectivity index (χ1v) is 13.9. The van der Waals surface area contributed by atoms with Crippen LogP contribution in [-0.4, -0.2) is 34.0 Å². The van der Waals surface area contributed by atoms with Crippen LogP contribution in [0.25, 0.3) is 0 Å². The zero-order valence-corrected chi connectivity index (χ0v) is 22.6. The third kappa shape index (κ3) is 6.19. The summed E-state index contributed by atoms with van der Waals surface area (Å²) in [6.07, 6.45) is 2.88. The Kier molecular flexibility index (Phi) is 8.42. The number of carbonyl (C=O) groups is 1. The first-order chi connectivity index (χ1) is 16.7. The lowest BCUT2D eigenvalue weighted by Gasteiger charge is -2.12. The number of rotatable bonds is 8. The molecule has 0 bridgehead atoms. The minimum absolute atomic E-state index is 0.0570. The van der Waals surface area contributed by atoms with E-state index in [1.807, 2.05) is 0 Å². The van der Waals surface area contributed by atoms with Gasteiger partial charge in [0.05, 0.1) is 22.3 Å². The number of alkyl halides is 3. The maximum absolute atomic E-state index is 13.3. The summed E-state index contributed by atoms with van der Waals surface area (Å²) in [5.74, 6) is -0.214. The Hall–Kier alpha value is -1.66. The summed E-state index contributed by atoms with van der Waals surface area (Å²) in [5.41, 5.74) is 1.40. The van der Waals surface area contributed by atoms with Gasteiger partial charge in [0, 0.05) is 23.9 Å². The van der Waals surface area contributed by atoms with Crippen LogP contribution in [0, 0.1) is 0 Å². The van der Waals surface area contributed by atoms with Gasteiger partial charge in [-0.3, -0.25) is 4.68 Å². The van der Waals surface area contributed by atoms with Gasteiger partial charge < -0.3 is 15.4 Å². The Morgan fingerprint density at radius 2 is 2.03 bits per heavy atom. The minimum atomic E-state index is -4.49. The summed E-state index contributed by atoms with van der Waals surface area (Å²) < 4.78 is 46.7. The van der Waals surface area contributed by atoms with Crippen molar-refractivity contribution in [1.82, 2.24) is 15.1 Å². The summed E-state index contributed by atoms with van der Waals surface area (Å²) in [6, 6.07) is 0. The number of nitrogens with one attached hydrogen (secondary N) is 2. The highest BCUT2D eigenvalue weighted by Crippen LogP contribution is 2.47. The number of ether oxygens (including phenoxy) is 1.